The molecule has 0 rings (SSSR count). The maximum absolute atomic E-state index is 5.35. The van der Waals surface area contributed by atoms with Crippen LogP contribution in [-0.2, 0) is 0 Å². The van der Waals surface area contributed by atoms with Gasteiger partial charge in [0.1, 0.15) is 0 Å². The molecule has 0 heterocycles. The summed E-state index contributed by atoms with van der Waals surface area (Å²) >= 11 is 0. The quantitative estimate of drug-likeness (QED) is 0.606. The molecule has 0 atom stereocenters. The highest BCUT2D eigenvalue weighted by molar-refractivity contribution is 4.55. The van der Waals surface area contributed by atoms with Crippen molar-refractivity contribution < 1.29 is 0 Å². The molecule has 0 saturated heterocycles. The van der Waals surface area contributed by atoms with Crippen LogP contribution in [0.4, 0.5) is 0 Å². The highest BCUT2D eigenvalue weighted by Crippen LogP contribution is 1.93. The number of hydrogen-bond donors (Lipinski definition) is 1. The van der Waals surface area contributed by atoms with Gasteiger partial charge in [-0.25, -0.2) is 0 Å². The Morgan fingerprint density at radius 1 is 1.44 bits per heavy atom. The van der Waals surface area contributed by atoms with Gasteiger partial charge in [-0.3, -0.25) is 0 Å². The van der Waals surface area contributed by atoms with Gasteiger partial charge in [0.25, 0.3) is 0 Å². The fourth-order valence-corrected chi connectivity index (χ4v) is 0.599. The van der Waals surface area contributed by atoms with Gasteiger partial charge in [0.05, 0.1) is 0 Å². The summed E-state index contributed by atoms with van der Waals surface area (Å²) in [7, 11) is 2.13. The average molecular weight is 130 g/mol. The number of nitrogens with two attached hydrogens (primary N) is 1. The maximum atomic E-state index is 5.35. The van der Waals surface area contributed by atoms with Crippen LogP contribution in [0.5, 0.6) is 0 Å². The van der Waals surface area contributed by atoms with Gasteiger partial charge in [-0.05, 0) is 40.4 Å². The minimum absolute atomic E-state index is 0.650. The highest BCUT2D eigenvalue weighted by Gasteiger charge is 1.99. The molecular weight excluding hydrogens is 112 g/mol. The normalized spacial score (nSPS) is 11.3. The summed E-state index contributed by atoms with van der Waals surface area (Å²) in [4.78, 5) is 2.30. The molecule has 0 aromatic carbocycles. The standard InChI is InChI=1S/C7H18N2/c1-7(2)9(3)6-4-5-8/h7H,4-6,8H2,1-3H3. The molecule has 0 aromatic rings. The molecule has 0 aliphatic carbocycles. The second-order valence-corrected chi connectivity index (χ2v) is 2.72. The van der Waals surface area contributed by atoms with Gasteiger partial charge in [-0.1, -0.05) is 0 Å². The maximum Gasteiger partial charge on any atom is 0.00355 e. The summed E-state index contributed by atoms with van der Waals surface area (Å²) < 4.78 is 0. The Labute approximate surface area is 58.0 Å². The molecule has 2 nitrogen and oxygen atoms in total. The molecule has 0 aliphatic rings. The van der Waals surface area contributed by atoms with Crippen molar-refractivity contribution in [2.24, 2.45) is 5.73 Å². The lowest BCUT2D eigenvalue weighted by Crippen LogP contribution is -2.28. The molecule has 0 aliphatic heterocycles. The highest BCUT2D eigenvalue weighted by atomic mass is 15.1. The van der Waals surface area contributed by atoms with E-state index >= 15 is 0 Å². The summed E-state index contributed by atoms with van der Waals surface area (Å²) in [6.45, 7) is 6.30. The SMILES string of the molecule is CC(C)N(C)CCCN. The molecule has 0 radical (unpaired) electrons. The second kappa shape index (κ2) is 4.77. The molecular formula is C7H18N2. The predicted octanol–water partition coefficient (Wildman–Crippen LogP) is 0.675. The summed E-state index contributed by atoms with van der Waals surface area (Å²) in [6.07, 6.45) is 1.11. The van der Waals surface area contributed by atoms with Gasteiger partial charge in [0.15, 0.2) is 0 Å². The van der Waals surface area contributed by atoms with Crippen LogP contribution in [0.3, 0.4) is 0 Å². The molecule has 56 valence electrons. The first-order chi connectivity index (χ1) is 4.18. The Morgan fingerprint density at radius 3 is 2.33 bits per heavy atom. The van der Waals surface area contributed by atoms with E-state index in [4.69, 9.17) is 5.73 Å². The minimum Gasteiger partial charge on any atom is -0.330 e. The number of hydrogen-bond acceptors (Lipinski definition) is 2. The molecule has 9 heavy (non-hydrogen) atoms. The van der Waals surface area contributed by atoms with Crippen molar-refractivity contribution >= 4 is 0 Å². The van der Waals surface area contributed by atoms with Crippen LogP contribution in [-0.4, -0.2) is 31.1 Å². The third-order valence-corrected chi connectivity index (χ3v) is 1.60. The Bertz CT molecular complexity index is 61.9. The molecule has 2 heteroatoms. The Balaban J connectivity index is 3.16. The lowest BCUT2D eigenvalue weighted by Gasteiger charge is -2.19. The largest absolute Gasteiger partial charge is 0.330 e. The lowest BCUT2D eigenvalue weighted by atomic mass is 10.3. The van der Waals surface area contributed by atoms with E-state index < -0.39 is 0 Å². The lowest BCUT2D eigenvalue weighted by molar-refractivity contribution is 0.272. The Kier molecular flexibility index (Phi) is 4.72. The van der Waals surface area contributed by atoms with Crippen LogP contribution >= 0.6 is 0 Å². The van der Waals surface area contributed by atoms with Crippen molar-refractivity contribution in [3.05, 3.63) is 0 Å². The summed E-state index contributed by atoms with van der Waals surface area (Å²) in [5.41, 5.74) is 5.35. The van der Waals surface area contributed by atoms with E-state index in [-0.39, 0.29) is 0 Å². The molecule has 0 spiro atoms. The van der Waals surface area contributed by atoms with Gasteiger partial charge in [0.2, 0.25) is 0 Å². The van der Waals surface area contributed by atoms with E-state index in [1.165, 1.54) is 0 Å². The van der Waals surface area contributed by atoms with Crippen molar-refractivity contribution in [1.29, 1.82) is 0 Å². The van der Waals surface area contributed by atoms with Gasteiger partial charge in [-0.2, -0.15) is 0 Å². The zero-order valence-corrected chi connectivity index (χ0v) is 6.72. The first-order valence-corrected chi connectivity index (χ1v) is 3.58. The van der Waals surface area contributed by atoms with Crippen LogP contribution in [0, 0.1) is 0 Å². The molecule has 0 aromatic heterocycles. The number of rotatable bonds is 4. The molecule has 0 bridgehead atoms. The third kappa shape index (κ3) is 4.43. The zero-order chi connectivity index (χ0) is 7.28. The topological polar surface area (TPSA) is 29.3 Å². The molecule has 0 unspecified atom stereocenters. The fraction of sp³-hybridized carbons (Fsp3) is 1.00. The minimum atomic E-state index is 0.650. The summed E-state index contributed by atoms with van der Waals surface area (Å²) in [5.74, 6) is 0. The van der Waals surface area contributed by atoms with E-state index in [1.54, 1.807) is 0 Å². The number of nitrogens with zero attached hydrogens (tertiary/aromatic N) is 1. The van der Waals surface area contributed by atoms with Crippen molar-refractivity contribution in [3.8, 4) is 0 Å². The van der Waals surface area contributed by atoms with E-state index in [2.05, 4.69) is 25.8 Å². The Morgan fingerprint density at radius 2 is 2.00 bits per heavy atom. The molecule has 2 N–H and O–H groups in total. The van der Waals surface area contributed by atoms with Crippen molar-refractivity contribution in [3.63, 3.8) is 0 Å². The van der Waals surface area contributed by atoms with Crippen LogP contribution < -0.4 is 5.73 Å². The van der Waals surface area contributed by atoms with Crippen LogP contribution in [0.25, 0.3) is 0 Å². The van der Waals surface area contributed by atoms with Crippen LogP contribution in [0.15, 0.2) is 0 Å². The second-order valence-electron chi connectivity index (χ2n) is 2.72. The van der Waals surface area contributed by atoms with E-state index in [0.29, 0.717) is 6.04 Å². The fourth-order valence-electron chi connectivity index (χ4n) is 0.599. The molecule has 0 saturated carbocycles. The first-order valence-electron chi connectivity index (χ1n) is 3.58. The predicted molar refractivity (Wildman–Crippen MR) is 41.4 cm³/mol. The van der Waals surface area contributed by atoms with Crippen LogP contribution in [0.1, 0.15) is 20.3 Å². The van der Waals surface area contributed by atoms with E-state index in [1.807, 2.05) is 0 Å². The zero-order valence-electron chi connectivity index (χ0n) is 6.72. The van der Waals surface area contributed by atoms with Gasteiger partial charge in [-0.15, -0.1) is 0 Å². The van der Waals surface area contributed by atoms with Gasteiger partial charge < -0.3 is 10.6 Å². The van der Waals surface area contributed by atoms with Crippen LogP contribution in [0.2, 0.25) is 0 Å². The van der Waals surface area contributed by atoms with Crippen molar-refractivity contribution in [2.45, 2.75) is 26.3 Å². The van der Waals surface area contributed by atoms with Gasteiger partial charge in [0, 0.05) is 6.04 Å². The smallest absolute Gasteiger partial charge is 0.00355 e. The monoisotopic (exact) mass is 130 g/mol. The average Bonchev–Trinajstić information content (AvgIpc) is 1.82. The van der Waals surface area contributed by atoms with E-state index in [9.17, 15) is 0 Å². The summed E-state index contributed by atoms with van der Waals surface area (Å²) in [5, 5.41) is 0. The molecule has 0 amide bonds. The van der Waals surface area contributed by atoms with Gasteiger partial charge >= 0.3 is 0 Å². The summed E-state index contributed by atoms with van der Waals surface area (Å²) in [6, 6.07) is 0.650. The van der Waals surface area contributed by atoms with E-state index in [0.717, 1.165) is 19.5 Å². The molecule has 0 fully saturated rings. The third-order valence-electron chi connectivity index (χ3n) is 1.60. The Hall–Kier alpha value is -0.0800. The first kappa shape index (κ1) is 8.92. The van der Waals surface area contributed by atoms with Crippen molar-refractivity contribution in [1.82, 2.24) is 4.90 Å². The van der Waals surface area contributed by atoms with Crippen molar-refractivity contribution in [2.75, 3.05) is 20.1 Å².